The molecule has 3 aromatic carbocycles. The number of fused-ring (bicyclic) bond motifs is 1. The van der Waals surface area contributed by atoms with Crippen LogP contribution in [0, 0.1) is 13.8 Å². The van der Waals surface area contributed by atoms with Crippen molar-refractivity contribution in [2.45, 2.75) is 131 Å². The number of pyridine rings is 1. The van der Waals surface area contributed by atoms with Crippen molar-refractivity contribution in [2.24, 2.45) is 0 Å². The zero-order valence-electron chi connectivity index (χ0n) is 28.3. The van der Waals surface area contributed by atoms with Gasteiger partial charge in [0, 0.05) is 17.5 Å². The lowest BCUT2D eigenvalue weighted by Crippen LogP contribution is -2.58. The third-order valence-electron chi connectivity index (χ3n) is 9.66. The maximum absolute atomic E-state index is 2.45. The van der Waals surface area contributed by atoms with Crippen LogP contribution in [0.15, 0.2) is 91.1 Å². The van der Waals surface area contributed by atoms with Crippen LogP contribution in [0.5, 0.6) is 0 Å². The molecule has 1 aromatic heterocycles. The molecule has 1 heterocycles. The Morgan fingerprint density at radius 1 is 0.488 bits per heavy atom. The van der Waals surface area contributed by atoms with Crippen LogP contribution in [0.2, 0.25) is 12.6 Å². The number of nitrogens with zero attached hydrogens (tertiary/aromatic N) is 1. The van der Waals surface area contributed by atoms with Crippen molar-refractivity contribution in [3.05, 3.63) is 102 Å². The predicted octanol–water partition coefficient (Wildman–Crippen LogP) is 10.7. The van der Waals surface area contributed by atoms with Crippen molar-refractivity contribution in [3.63, 3.8) is 0 Å². The minimum Gasteiger partial charge on any atom is -0.205 e. The Kier molecular flexibility index (Phi) is 15.6. The summed E-state index contributed by atoms with van der Waals surface area (Å²) in [5, 5.41) is 1.31. The van der Waals surface area contributed by atoms with Gasteiger partial charge in [-0.2, -0.15) is 17.2 Å². The molecule has 0 saturated heterocycles. The average molecular weight is 578 g/mol. The number of rotatable bonds is 17. The molecule has 4 rings (SSSR count). The quantitative estimate of drug-likeness (QED) is 0.0668. The molecule has 0 aliphatic carbocycles. The van der Waals surface area contributed by atoms with Crippen LogP contribution >= 0.6 is 0 Å². The molecule has 4 aromatic rings. The molecule has 0 bridgehead atoms. The first-order valence-electron chi connectivity index (χ1n) is 17.7. The van der Waals surface area contributed by atoms with Gasteiger partial charge < -0.3 is 0 Å². The summed E-state index contributed by atoms with van der Waals surface area (Å²) in [5.74, 6) is 0. The van der Waals surface area contributed by atoms with Gasteiger partial charge in [-0.25, -0.2) is 10.9 Å². The van der Waals surface area contributed by atoms with E-state index in [0.717, 1.165) is 6.54 Å². The largest absolute Gasteiger partial charge is 0.212 e. The van der Waals surface area contributed by atoms with Gasteiger partial charge in [0.2, 0.25) is 5.52 Å². The number of para-hydroxylation sites is 1. The molecule has 0 amide bonds. The number of unbranched alkanes of at least 4 members (excludes halogenated alkanes) is 10. The van der Waals surface area contributed by atoms with Crippen LogP contribution in [0.1, 0.15) is 109 Å². The van der Waals surface area contributed by atoms with E-state index in [2.05, 4.69) is 130 Å². The lowest BCUT2D eigenvalue weighted by atomic mass is 9.15. The van der Waals surface area contributed by atoms with E-state index in [-0.39, 0.29) is 0 Å². The van der Waals surface area contributed by atoms with Gasteiger partial charge in [0.25, 0.3) is 0 Å². The Bertz CT molecular complexity index is 1220. The second-order valence-corrected chi connectivity index (χ2v) is 13.0. The Hall–Kier alpha value is -2.87. The van der Waals surface area contributed by atoms with E-state index in [9.17, 15) is 0 Å². The fraction of sp³-hybridized carbons (Fsp3) is 0.488. The van der Waals surface area contributed by atoms with Crippen LogP contribution in [-0.4, -0.2) is 6.15 Å². The van der Waals surface area contributed by atoms with Crippen LogP contribution in [0.25, 0.3) is 10.9 Å². The molecule has 0 radical (unpaired) electrons. The molecular formula is C41H60BN. The molecule has 232 valence electrons. The third-order valence-corrected chi connectivity index (χ3v) is 9.66. The molecule has 43 heavy (non-hydrogen) atoms. The molecule has 0 fully saturated rings. The van der Waals surface area contributed by atoms with Crippen LogP contribution < -0.4 is 15.5 Å². The summed E-state index contributed by atoms with van der Waals surface area (Å²) in [5.41, 5.74) is 7.24. The van der Waals surface area contributed by atoms with Gasteiger partial charge in [0.1, 0.15) is 6.54 Å². The number of aromatic nitrogens is 1. The molecule has 0 unspecified atom stereocenters. The Balaban J connectivity index is 0.000000347. The zero-order chi connectivity index (χ0) is 30.8. The molecular weight excluding hydrogens is 517 g/mol. The highest BCUT2D eigenvalue weighted by molar-refractivity contribution is 7.02. The number of hydrogen-bond acceptors (Lipinski definition) is 0. The van der Waals surface area contributed by atoms with Gasteiger partial charge in [-0.05, 0) is 32.9 Å². The van der Waals surface area contributed by atoms with Crippen molar-refractivity contribution >= 4 is 28.0 Å². The summed E-state index contributed by atoms with van der Waals surface area (Å²) in [6.45, 7) is 12.2. The topological polar surface area (TPSA) is 3.88 Å². The van der Waals surface area contributed by atoms with Crippen molar-refractivity contribution < 1.29 is 4.57 Å². The highest BCUT2D eigenvalue weighted by atomic mass is 14.9. The van der Waals surface area contributed by atoms with Crippen molar-refractivity contribution in [3.8, 4) is 0 Å². The van der Waals surface area contributed by atoms with E-state index < -0.39 is 6.15 Å². The van der Waals surface area contributed by atoms with E-state index in [1.807, 2.05) is 0 Å². The minimum absolute atomic E-state index is 0.689. The highest BCUT2D eigenvalue weighted by Gasteiger charge is 2.27. The molecule has 1 nitrogen and oxygen atoms in total. The maximum atomic E-state index is 2.45. The molecule has 0 saturated carbocycles. The summed E-state index contributed by atoms with van der Waals surface area (Å²) in [4.78, 5) is 0. The molecule has 0 aliphatic heterocycles. The SMILES string of the molecule is CCCCCCCC[B-](CCCCCCCC)(c1ccc(C)cc1)c1ccc(C)cc1.CC[n+]1cccc2ccccc21. The van der Waals surface area contributed by atoms with E-state index >= 15 is 0 Å². The van der Waals surface area contributed by atoms with Crippen molar-refractivity contribution in [1.82, 2.24) is 0 Å². The summed E-state index contributed by atoms with van der Waals surface area (Å²) < 4.78 is 2.25. The maximum Gasteiger partial charge on any atom is 0.212 e. The van der Waals surface area contributed by atoms with E-state index in [1.54, 1.807) is 10.9 Å². The van der Waals surface area contributed by atoms with Gasteiger partial charge in [-0.3, -0.25) is 0 Å². The number of hydrogen-bond donors (Lipinski definition) is 0. The normalized spacial score (nSPS) is 11.4. The minimum atomic E-state index is -0.689. The van der Waals surface area contributed by atoms with Crippen molar-refractivity contribution in [1.29, 1.82) is 0 Å². The smallest absolute Gasteiger partial charge is 0.205 e. The molecule has 0 N–H and O–H groups in total. The number of benzene rings is 3. The zero-order valence-corrected chi connectivity index (χ0v) is 28.3. The Morgan fingerprint density at radius 3 is 1.42 bits per heavy atom. The first-order chi connectivity index (χ1) is 21.0. The van der Waals surface area contributed by atoms with Gasteiger partial charge in [-0.15, -0.1) is 0 Å². The van der Waals surface area contributed by atoms with E-state index in [4.69, 9.17) is 0 Å². The Morgan fingerprint density at radius 2 is 0.930 bits per heavy atom. The summed E-state index contributed by atoms with van der Waals surface area (Å²) in [6, 6.07) is 31.8. The fourth-order valence-electron chi connectivity index (χ4n) is 6.92. The number of aryl methyl sites for hydroxylation is 3. The van der Waals surface area contributed by atoms with Gasteiger partial charge >= 0.3 is 0 Å². The first kappa shape index (κ1) is 34.6. The van der Waals surface area contributed by atoms with Gasteiger partial charge in [0.05, 0.1) is 6.15 Å². The average Bonchev–Trinajstić information content (AvgIpc) is 3.04. The highest BCUT2D eigenvalue weighted by Crippen LogP contribution is 2.25. The molecule has 2 heteroatoms. The van der Waals surface area contributed by atoms with Gasteiger partial charge in [0.15, 0.2) is 6.20 Å². The van der Waals surface area contributed by atoms with Gasteiger partial charge in [-0.1, -0.05) is 163 Å². The van der Waals surface area contributed by atoms with E-state index in [0.29, 0.717) is 0 Å². The molecule has 0 spiro atoms. The lowest BCUT2D eigenvalue weighted by molar-refractivity contribution is -0.667. The standard InChI is InChI=1S/C30H48B.C11H12N/c1-5-7-9-11-13-15-25-31(26-16-14-12-10-8-6-2,29-21-17-27(3)18-22-29)30-23-19-28(4)20-24-30;1-2-12-9-5-7-10-6-3-4-8-11(10)12/h17-24H,5-16,25-26H2,1-4H3;3-9H,2H2,1H3/q-1;+1. The van der Waals surface area contributed by atoms with Crippen molar-refractivity contribution in [2.75, 3.05) is 0 Å². The van der Waals surface area contributed by atoms with Crippen LogP contribution in [-0.2, 0) is 6.54 Å². The first-order valence-corrected chi connectivity index (χ1v) is 17.7. The molecule has 0 aliphatic rings. The Labute approximate surface area is 265 Å². The lowest BCUT2D eigenvalue weighted by Gasteiger charge is -2.43. The summed E-state index contributed by atoms with van der Waals surface area (Å²) >= 11 is 0. The van der Waals surface area contributed by atoms with Crippen LogP contribution in [0.4, 0.5) is 0 Å². The fourth-order valence-corrected chi connectivity index (χ4v) is 6.92. The summed E-state index contributed by atoms with van der Waals surface area (Å²) in [7, 11) is 0. The second kappa shape index (κ2) is 19.4. The predicted molar refractivity (Wildman–Crippen MR) is 194 cm³/mol. The second-order valence-electron chi connectivity index (χ2n) is 13.0. The van der Waals surface area contributed by atoms with E-state index in [1.165, 1.54) is 112 Å². The third kappa shape index (κ3) is 11.0. The monoisotopic (exact) mass is 577 g/mol. The summed E-state index contributed by atoms with van der Waals surface area (Å²) in [6.07, 6.45) is 20.7. The van der Waals surface area contributed by atoms with Crippen LogP contribution in [0.3, 0.4) is 0 Å². The molecule has 0 atom stereocenters.